The molecule has 92 valence electrons. The van der Waals surface area contributed by atoms with E-state index in [1.165, 1.54) is 12.5 Å². The number of aliphatic carboxylic acids is 1. The number of rotatable bonds is 3. The molecule has 0 bridgehead atoms. The molecule has 0 spiro atoms. The topological polar surface area (TPSA) is 79.5 Å². The fourth-order valence-electron chi connectivity index (χ4n) is 2.21. The van der Waals surface area contributed by atoms with Crippen molar-refractivity contribution in [1.82, 2.24) is 5.32 Å². The van der Waals surface area contributed by atoms with Gasteiger partial charge >= 0.3 is 5.97 Å². The number of nitrogens with one attached hydrogen (secondary N) is 1. The van der Waals surface area contributed by atoms with Crippen LogP contribution >= 0.6 is 0 Å². The molecule has 5 nitrogen and oxygen atoms in total. The van der Waals surface area contributed by atoms with Crippen LogP contribution in [0.4, 0.5) is 0 Å². The third-order valence-electron chi connectivity index (χ3n) is 3.14. The SMILES string of the molecule is O=C(NC1CCCC(C(=O)O)C1)c1ccoc1. The summed E-state index contributed by atoms with van der Waals surface area (Å²) in [5, 5.41) is 11.8. The van der Waals surface area contributed by atoms with Gasteiger partial charge in [-0.25, -0.2) is 0 Å². The van der Waals surface area contributed by atoms with Crippen molar-refractivity contribution in [3.05, 3.63) is 24.2 Å². The van der Waals surface area contributed by atoms with Crippen molar-refractivity contribution < 1.29 is 19.1 Å². The van der Waals surface area contributed by atoms with Crippen LogP contribution in [0, 0.1) is 5.92 Å². The van der Waals surface area contributed by atoms with Gasteiger partial charge < -0.3 is 14.8 Å². The number of hydrogen-bond acceptors (Lipinski definition) is 3. The molecule has 1 heterocycles. The Labute approximate surface area is 98.8 Å². The maximum absolute atomic E-state index is 11.7. The van der Waals surface area contributed by atoms with Gasteiger partial charge in [-0.2, -0.15) is 0 Å². The fourth-order valence-corrected chi connectivity index (χ4v) is 2.21. The van der Waals surface area contributed by atoms with Crippen LogP contribution in [0.5, 0.6) is 0 Å². The van der Waals surface area contributed by atoms with Crippen LogP contribution in [-0.4, -0.2) is 23.0 Å². The predicted molar refractivity (Wildman–Crippen MR) is 59.6 cm³/mol. The van der Waals surface area contributed by atoms with Gasteiger partial charge in [-0.15, -0.1) is 0 Å². The molecule has 0 aliphatic heterocycles. The highest BCUT2D eigenvalue weighted by atomic mass is 16.4. The number of carboxylic acids is 1. The molecule has 1 aromatic heterocycles. The van der Waals surface area contributed by atoms with E-state index in [-0.39, 0.29) is 17.9 Å². The summed E-state index contributed by atoms with van der Waals surface area (Å²) >= 11 is 0. The standard InChI is InChI=1S/C12H15NO4/c14-11(9-4-5-17-7-9)13-10-3-1-2-8(6-10)12(15)16/h4-5,7-8,10H,1-3,6H2,(H,13,14)(H,15,16). The summed E-state index contributed by atoms with van der Waals surface area (Å²) in [6.07, 6.45) is 5.72. The second kappa shape index (κ2) is 5.03. The highest BCUT2D eigenvalue weighted by Crippen LogP contribution is 2.24. The first-order valence-corrected chi connectivity index (χ1v) is 5.72. The van der Waals surface area contributed by atoms with Gasteiger partial charge in [0.25, 0.3) is 5.91 Å². The number of furan rings is 1. The van der Waals surface area contributed by atoms with Gasteiger partial charge in [0, 0.05) is 6.04 Å². The Morgan fingerprint density at radius 2 is 2.24 bits per heavy atom. The first kappa shape index (κ1) is 11.7. The van der Waals surface area contributed by atoms with Crippen molar-refractivity contribution in [2.45, 2.75) is 31.7 Å². The summed E-state index contributed by atoms with van der Waals surface area (Å²) in [6, 6.07) is 1.54. The predicted octanol–water partition coefficient (Wildman–Crippen LogP) is 1.65. The summed E-state index contributed by atoms with van der Waals surface area (Å²) in [6.45, 7) is 0. The van der Waals surface area contributed by atoms with Crippen molar-refractivity contribution in [3.63, 3.8) is 0 Å². The van der Waals surface area contributed by atoms with Gasteiger partial charge in [-0.3, -0.25) is 9.59 Å². The van der Waals surface area contributed by atoms with E-state index in [1.807, 2.05) is 0 Å². The molecule has 2 rings (SSSR count). The Hall–Kier alpha value is -1.78. The zero-order valence-electron chi connectivity index (χ0n) is 9.39. The number of carbonyl (C=O) groups excluding carboxylic acids is 1. The molecule has 1 fully saturated rings. The molecular weight excluding hydrogens is 222 g/mol. The molecule has 1 aromatic rings. The van der Waals surface area contributed by atoms with E-state index in [4.69, 9.17) is 9.52 Å². The average Bonchev–Trinajstić information content (AvgIpc) is 2.82. The summed E-state index contributed by atoms with van der Waals surface area (Å²) < 4.78 is 4.83. The molecule has 2 N–H and O–H groups in total. The van der Waals surface area contributed by atoms with Gasteiger partial charge in [0.1, 0.15) is 6.26 Å². The number of carbonyl (C=O) groups is 2. The Balaban J connectivity index is 1.91. The van der Waals surface area contributed by atoms with Gasteiger partial charge in [0.05, 0.1) is 17.7 Å². The van der Waals surface area contributed by atoms with Gasteiger partial charge in [-0.1, -0.05) is 6.42 Å². The van der Waals surface area contributed by atoms with Crippen LogP contribution in [-0.2, 0) is 4.79 Å². The summed E-state index contributed by atoms with van der Waals surface area (Å²) in [5.41, 5.74) is 0.474. The molecule has 2 atom stereocenters. The monoisotopic (exact) mass is 237 g/mol. The van der Waals surface area contributed by atoms with Crippen LogP contribution in [0.25, 0.3) is 0 Å². The Morgan fingerprint density at radius 3 is 2.88 bits per heavy atom. The molecule has 1 aliphatic rings. The minimum absolute atomic E-state index is 0.0488. The second-order valence-corrected chi connectivity index (χ2v) is 4.38. The van der Waals surface area contributed by atoms with Gasteiger partial charge in [-0.05, 0) is 25.3 Å². The van der Waals surface area contributed by atoms with E-state index >= 15 is 0 Å². The second-order valence-electron chi connectivity index (χ2n) is 4.38. The van der Waals surface area contributed by atoms with Crippen molar-refractivity contribution in [2.75, 3.05) is 0 Å². The lowest BCUT2D eigenvalue weighted by Gasteiger charge is -2.27. The summed E-state index contributed by atoms with van der Waals surface area (Å²) in [5.74, 6) is -1.31. The lowest BCUT2D eigenvalue weighted by atomic mass is 9.85. The molecule has 1 saturated carbocycles. The molecule has 0 radical (unpaired) electrons. The summed E-state index contributed by atoms with van der Waals surface area (Å²) in [4.78, 5) is 22.6. The Kier molecular flexibility index (Phi) is 3.46. The number of hydrogen-bond donors (Lipinski definition) is 2. The smallest absolute Gasteiger partial charge is 0.306 e. The molecule has 17 heavy (non-hydrogen) atoms. The third kappa shape index (κ3) is 2.87. The minimum Gasteiger partial charge on any atom is -0.481 e. The third-order valence-corrected chi connectivity index (χ3v) is 3.14. The van der Waals surface area contributed by atoms with Crippen molar-refractivity contribution in [2.24, 2.45) is 5.92 Å². The normalized spacial score (nSPS) is 24.2. The molecule has 5 heteroatoms. The highest BCUT2D eigenvalue weighted by Gasteiger charge is 2.28. The van der Waals surface area contributed by atoms with E-state index in [1.54, 1.807) is 6.07 Å². The van der Waals surface area contributed by atoms with E-state index in [0.717, 1.165) is 12.8 Å². The van der Waals surface area contributed by atoms with Crippen LogP contribution in [0.15, 0.2) is 23.0 Å². The first-order valence-electron chi connectivity index (χ1n) is 5.72. The molecule has 1 amide bonds. The molecule has 1 aliphatic carbocycles. The minimum atomic E-state index is -0.771. The van der Waals surface area contributed by atoms with Gasteiger partial charge in [0.15, 0.2) is 0 Å². The zero-order chi connectivity index (χ0) is 12.3. The largest absolute Gasteiger partial charge is 0.481 e. The van der Waals surface area contributed by atoms with E-state index in [9.17, 15) is 9.59 Å². The van der Waals surface area contributed by atoms with Crippen LogP contribution < -0.4 is 5.32 Å². The molecular formula is C12H15NO4. The maximum Gasteiger partial charge on any atom is 0.306 e. The highest BCUT2D eigenvalue weighted by molar-refractivity contribution is 5.94. The van der Waals surface area contributed by atoms with E-state index in [2.05, 4.69) is 5.32 Å². The summed E-state index contributed by atoms with van der Waals surface area (Å²) in [7, 11) is 0. The number of carboxylic acid groups (broad SMARTS) is 1. The fraction of sp³-hybridized carbons (Fsp3) is 0.500. The Bertz CT molecular complexity index is 399. The molecule has 0 saturated heterocycles. The average molecular weight is 237 g/mol. The quantitative estimate of drug-likeness (QED) is 0.837. The lowest BCUT2D eigenvalue weighted by molar-refractivity contribution is -0.143. The van der Waals surface area contributed by atoms with Crippen molar-refractivity contribution in [3.8, 4) is 0 Å². The van der Waals surface area contributed by atoms with Crippen molar-refractivity contribution in [1.29, 1.82) is 0 Å². The molecule has 0 aromatic carbocycles. The van der Waals surface area contributed by atoms with E-state index in [0.29, 0.717) is 18.4 Å². The van der Waals surface area contributed by atoms with Crippen LogP contribution in [0.1, 0.15) is 36.0 Å². The zero-order valence-corrected chi connectivity index (χ0v) is 9.39. The van der Waals surface area contributed by atoms with E-state index < -0.39 is 5.97 Å². The first-order chi connectivity index (χ1) is 8.16. The Morgan fingerprint density at radius 1 is 1.41 bits per heavy atom. The molecule has 2 unspecified atom stereocenters. The number of amides is 1. The van der Waals surface area contributed by atoms with Crippen molar-refractivity contribution >= 4 is 11.9 Å². The maximum atomic E-state index is 11.7. The lowest BCUT2D eigenvalue weighted by Crippen LogP contribution is -2.39. The van der Waals surface area contributed by atoms with Crippen LogP contribution in [0.3, 0.4) is 0 Å². The van der Waals surface area contributed by atoms with Crippen LogP contribution in [0.2, 0.25) is 0 Å². The van der Waals surface area contributed by atoms with Gasteiger partial charge in [0.2, 0.25) is 0 Å².